The predicted molar refractivity (Wildman–Crippen MR) is 197 cm³/mol. The van der Waals surface area contributed by atoms with Gasteiger partial charge in [-0.25, -0.2) is 4.98 Å². The number of hydrogen-bond donors (Lipinski definition) is 0. The molecule has 0 bridgehead atoms. The van der Waals surface area contributed by atoms with Crippen molar-refractivity contribution >= 4 is 44.5 Å². The van der Waals surface area contributed by atoms with E-state index >= 15 is 0 Å². The first kappa shape index (κ1) is 27.7. The molecule has 4 aromatic heterocycles. The monoisotopic (exact) mass is 615 g/mol. The molecule has 0 fully saturated rings. The van der Waals surface area contributed by atoms with Crippen LogP contribution in [-0.2, 0) is 0 Å². The number of anilines is 3. The van der Waals surface area contributed by atoms with Gasteiger partial charge in [-0.2, -0.15) is 0 Å². The molecule has 0 aliphatic rings. The normalized spacial score (nSPS) is 11.3. The molecule has 0 N–H and O–H groups in total. The van der Waals surface area contributed by atoms with Gasteiger partial charge in [0, 0.05) is 63.1 Å². The molecule has 0 radical (unpaired) electrons. The van der Waals surface area contributed by atoms with E-state index in [1.807, 2.05) is 30.6 Å². The molecule has 0 spiro atoms. The Labute approximate surface area is 278 Å². The Morgan fingerprint density at radius 1 is 0.458 bits per heavy atom. The zero-order valence-corrected chi connectivity index (χ0v) is 26.0. The van der Waals surface area contributed by atoms with E-state index in [2.05, 4.69) is 160 Å². The van der Waals surface area contributed by atoms with Crippen LogP contribution in [0, 0.1) is 0 Å². The van der Waals surface area contributed by atoms with Crippen LogP contribution in [0.15, 0.2) is 176 Å². The summed E-state index contributed by atoms with van der Waals surface area (Å²) < 4.78 is 2.17. The SMILES string of the molecule is c1ccc(-c2nc3ccccn3c2-c2ccc(N(c3ccccc3)c3ccc(-c4cnc5c(ccc6cccnc65)c4)cc3)cc2)cc1. The fourth-order valence-corrected chi connectivity index (χ4v) is 6.56. The second-order valence-corrected chi connectivity index (χ2v) is 11.8. The van der Waals surface area contributed by atoms with Gasteiger partial charge in [0.2, 0.25) is 0 Å². The van der Waals surface area contributed by atoms with Crippen LogP contribution in [0.5, 0.6) is 0 Å². The minimum atomic E-state index is 0.923. The van der Waals surface area contributed by atoms with Crippen molar-refractivity contribution in [3.63, 3.8) is 0 Å². The van der Waals surface area contributed by atoms with Gasteiger partial charge in [0.25, 0.3) is 0 Å². The molecule has 0 saturated heterocycles. The minimum absolute atomic E-state index is 0.923. The zero-order chi connectivity index (χ0) is 31.9. The molecule has 0 aliphatic heterocycles. The smallest absolute Gasteiger partial charge is 0.137 e. The third kappa shape index (κ3) is 4.86. The van der Waals surface area contributed by atoms with E-state index in [9.17, 15) is 0 Å². The van der Waals surface area contributed by atoms with E-state index < -0.39 is 0 Å². The fraction of sp³-hybridized carbons (Fsp3) is 0. The van der Waals surface area contributed by atoms with Crippen molar-refractivity contribution in [1.82, 2.24) is 19.4 Å². The predicted octanol–water partition coefficient (Wildman–Crippen LogP) is 10.9. The van der Waals surface area contributed by atoms with Crippen molar-refractivity contribution in [2.45, 2.75) is 0 Å². The van der Waals surface area contributed by atoms with Gasteiger partial charge in [-0.15, -0.1) is 0 Å². The van der Waals surface area contributed by atoms with E-state index in [4.69, 9.17) is 9.97 Å². The van der Waals surface area contributed by atoms with Gasteiger partial charge in [-0.3, -0.25) is 14.4 Å². The molecule has 9 aromatic rings. The number of nitrogens with zero attached hydrogens (tertiary/aromatic N) is 5. The standard InChI is InChI=1S/C43H29N5/c1-3-10-31(11-4-1)42-43(47-27-8-7-15-39(47)46-42)33-20-24-38(25-21-33)48(36-13-5-2-6-14-36)37-22-18-30(19-23-37)35-28-34-17-16-32-12-9-26-44-40(32)41(34)45-29-35/h1-29H. The van der Waals surface area contributed by atoms with Gasteiger partial charge in [0.05, 0.1) is 22.4 Å². The topological polar surface area (TPSA) is 46.3 Å². The molecule has 0 amide bonds. The van der Waals surface area contributed by atoms with Crippen LogP contribution in [0.25, 0.3) is 61.1 Å². The Bertz CT molecular complexity index is 2540. The Morgan fingerprint density at radius 2 is 1.10 bits per heavy atom. The fourth-order valence-electron chi connectivity index (χ4n) is 6.56. The average Bonchev–Trinajstić information content (AvgIpc) is 3.56. The highest BCUT2D eigenvalue weighted by molar-refractivity contribution is 6.03. The highest BCUT2D eigenvalue weighted by Crippen LogP contribution is 2.38. The molecule has 0 unspecified atom stereocenters. The second kappa shape index (κ2) is 11.6. The Balaban J connectivity index is 1.09. The maximum Gasteiger partial charge on any atom is 0.137 e. The minimum Gasteiger partial charge on any atom is -0.311 e. The van der Waals surface area contributed by atoms with Crippen molar-refractivity contribution in [1.29, 1.82) is 0 Å². The maximum atomic E-state index is 5.02. The zero-order valence-electron chi connectivity index (χ0n) is 26.0. The van der Waals surface area contributed by atoms with Crippen molar-refractivity contribution < 1.29 is 0 Å². The van der Waals surface area contributed by atoms with Gasteiger partial charge in [-0.1, -0.05) is 97.1 Å². The van der Waals surface area contributed by atoms with Crippen LogP contribution in [0.4, 0.5) is 17.1 Å². The van der Waals surface area contributed by atoms with Crippen LogP contribution in [0.3, 0.4) is 0 Å². The molecule has 5 heteroatoms. The van der Waals surface area contributed by atoms with Gasteiger partial charge < -0.3 is 4.90 Å². The summed E-state index contributed by atoms with van der Waals surface area (Å²) >= 11 is 0. The quantitative estimate of drug-likeness (QED) is 0.175. The highest BCUT2D eigenvalue weighted by atomic mass is 15.1. The maximum absolute atomic E-state index is 5.02. The first-order valence-corrected chi connectivity index (χ1v) is 16.0. The lowest BCUT2D eigenvalue weighted by atomic mass is 10.0. The summed E-state index contributed by atoms with van der Waals surface area (Å²) in [6.45, 7) is 0. The number of benzene rings is 5. The van der Waals surface area contributed by atoms with Crippen molar-refractivity contribution in [2.24, 2.45) is 0 Å². The molecule has 48 heavy (non-hydrogen) atoms. The molecule has 9 rings (SSSR count). The van der Waals surface area contributed by atoms with Crippen molar-refractivity contribution in [3.05, 3.63) is 176 Å². The van der Waals surface area contributed by atoms with Crippen LogP contribution in [0.2, 0.25) is 0 Å². The Morgan fingerprint density at radius 3 is 1.88 bits per heavy atom. The molecular formula is C43H29N5. The largest absolute Gasteiger partial charge is 0.311 e. The number of imidazole rings is 1. The summed E-state index contributed by atoms with van der Waals surface area (Å²) in [6.07, 6.45) is 5.85. The first-order valence-electron chi connectivity index (χ1n) is 16.0. The van der Waals surface area contributed by atoms with Gasteiger partial charge in [0.1, 0.15) is 5.65 Å². The summed E-state index contributed by atoms with van der Waals surface area (Å²) in [5.74, 6) is 0. The average molecular weight is 616 g/mol. The molecule has 5 aromatic carbocycles. The van der Waals surface area contributed by atoms with Crippen LogP contribution < -0.4 is 4.90 Å². The van der Waals surface area contributed by atoms with E-state index in [0.29, 0.717) is 0 Å². The first-order chi connectivity index (χ1) is 23.8. The Hall–Kier alpha value is -6.59. The van der Waals surface area contributed by atoms with E-state index in [0.717, 1.165) is 78.2 Å². The molecular weight excluding hydrogens is 587 g/mol. The number of pyridine rings is 3. The number of rotatable bonds is 6. The third-order valence-electron chi connectivity index (χ3n) is 8.87. The molecule has 226 valence electrons. The number of para-hydroxylation sites is 1. The van der Waals surface area contributed by atoms with Gasteiger partial charge >= 0.3 is 0 Å². The molecule has 5 nitrogen and oxygen atoms in total. The number of aromatic nitrogens is 4. The number of fused-ring (bicyclic) bond motifs is 4. The molecule has 0 atom stereocenters. The third-order valence-corrected chi connectivity index (χ3v) is 8.87. The molecule has 0 saturated carbocycles. The van der Waals surface area contributed by atoms with Gasteiger partial charge in [-0.05, 0) is 66.2 Å². The molecule has 4 heterocycles. The lowest BCUT2D eigenvalue weighted by Gasteiger charge is -2.26. The van der Waals surface area contributed by atoms with Crippen molar-refractivity contribution in [2.75, 3.05) is 4.90 Å². The van der Waals surface area contributed by atoms with Crippen LogP contribution in [-0.4, -0.2) is 19.4 Å². The van der Waals surface area contributed by atoms with Gasteiger partial charge in [0.15, 0.2) is 0 Å². The lowest BCUT2D eigenvalue weighted by Crippen LogP contribution is -2.09. The summed E-state index contributed by atoms with van der Waals surface area (Å²) in [5, 5.41) is 2.17. The second-order valence-electron chi connectivity index (χ2n) is 11.8. The van der Waals surface area contributed by atoms with E-state index in [1.165, 1.54) is 0 Å². The van der Waals surface area contributed by atoms with Crippen LogP contribution >= 0.6 is 0 Å². The highest BCUT2D eigenvalue weighted by Gasteiger charge is 2.18. The Kier molecular flexibility index (Phi) is 6.72. The summed E-state index contributed by atoms with van der Waals surface area (Å²) in [7, 11) is 0. The van der Waals surface area contributed by atoms with Crippen molar-refractivity contribution in [3.8, 4) is 33.6 Å². The summed E-state index contributed by atoms with van der Waals surface area (Å²) in [6, 6.07) is 55.0. The lowest BCUT2D eigenvalue weighted by molar-refractivity contribution is 1.19. The van der Waals surface area contributed by atoms with E-state index in [1.54, 1.807) is 0 Å². The van der Waals surface area contributed by atoms with E-state index in [-0.39, 0.29) is 0 Å². The van der Waals surface area contributed by atoms with Crippen LogP contribution in [0.1, 0.15) is 0 Å². The molecule has 0 aliphatic carbocycles. The summed E-state index contributed by atoms with van der Waals surface area (Å²) in [5.41, 5.74) is 12.4. The number of hydrogen-bond acceptors (Lipinski definition) is 4. The summed E-state index contributed by atoms with van der Waals surface area (Å²) in [4.78, 5) is 16.7.